The summed E-state index contributed by atoms with van der Waals surface area (Å²) in [5.74, 6) is 0. The van der Waals surface area contributed by atoms with Gasteiger partial charge in [0, 0.05) is 29.4 Å². The summed E-state index contributed by atoms with van der Waals surface area (Å²) in [4.78, 5) is 2.05. The van der Waals surface area contributed by atoms with Gasteiger partial charge in [0.05, 0.1) is 15.4 Å². The summed E-state index contributed by atoms with van der Waals surface area (Å²) in [6.45, 7) is 4.13. The third kappa shape index (κ3) is 2.82. The Morgan fingerprint density at radius 2 is 1.83 bits per heavy atom. The predicted octanol–water partition coefficient (Wildman–Crippen LogP) is 4.15. The van der Waals surface area contributed by atoms with Gasteiger partial charge < -0.3 is 10.0 Å². The predicted molar refractivity (Wildman–Crippen MR) is 116 cm³/mol. The molecule has 0 bridgehead atoms. The van der Waals surface area contributed by atoms with E-state index in [0.29, 0.717) is 11.1 Å². The van der Waals surface area contributed by atoms with Gasteiger partial charge in [-0.3, -0.25) is 0 Å². The Hall–Kier alpha value is -3.14. The highest BCUT2D eigenvalue weighted by atomic mass is 32.2. The minimum absolute atomic E-state index is 0.0791. The van der Waals surface area contributed by atoms with Gasteiger partial charge in [-0.25, -0.2) is 8.42 Å². The van der Waals surface area contributed by atoms with Gasteiger partial charge in [0.1, 0.15) is 12.2 Å². The normalized spacial score (nSPS) is 24.0. The molecule has 0 amide bonds. The van der Waals surface area contributed by atoms with Crippen LogP contribution in [-0.2, 0) is 15.3 Å². The summed E-state index contributed by atoms with van der Waals surface area (Å²) < 4.78 is 25.5. The van der Waals surface area contributed by atoms with Crippen LogP contribution in [0.2, 0.25) is 0 Å². The van der Waals surface area contributed by atoms with Crippen LogP contribution >= 0.6 is 0 Å². The zero-order valence-electron chi connectivity index (χ0n) is 17.0. The molecule has 1 unspecified atom stereocenters. The molecule has 4 rings (SSSR count). The number of anilines is 1. The zero-order chi connectivity index (χ0) is 21.7. The summed E-state index contributed by atoms with van der Waals surface area (Å²) >= 11 is 0. The first-order chi connectivity index (χ1) is 14.2. The van der Waals surface area contributed by atoms with Crippen LogP contribution < -0.4 is 4.90 Å². The molecule has 0 saturated heterocycles. The number of hydrogen-bond acceptors (Lipinski definition) is 5. The first kappa shape index (κ1) is 20.1. The highest BCUT2D eigenvalue weighted by molar-refractivity contribution is 7.95. The van der Waals surface area contributed by atoms with E-state index in [4.69, 9.17) is 0 Å². The number of likely N-dealkylation sites (N-methyl/N-ethyl adjacent to an activating group) is 1. The molecule has 1 atom stereocenters. The lowest BCUT2D eigenvalue weighted by molar-refractivity contribution is 0.224. The third-order valence-corrected chi connectivity index (χ3v) is 7.78. The molecule has 2 aromatic carbocycles. The lowest BCUT2D eigenvalue weighted by Gasteiger charge is -2.25. The third-order valence-electron chi connectivity index (χ3n) is 5.85. The average molecular weight is 419 g/mol. The van der Waals surface area contributed by atoms with Crippen LogP contribution in [-0.4, -0.2) is 20.6 Å². The number of hydrogen-bond donors (Lipinski definition) is 1. The second-order valence-corrected chi connectivity index (χ2v) is 9.87. The van der Waals surface area contributed by atoms with Gasteiger partial charge >= 0.3 is 0 Å². The molecule has 2 aliphatic rings. The standard InChI is InChI=1S/C24H22N2O3S/c1-24(2)18-11-5-6-12-19(18)26(3)23(24)16(15-25)9-8-14-21-22(27)17-10-4-7-13-20(17)30(21,28)29/h4-14,22,27H,1-3H3/b9-8+,21-14-,23-16-. The largest absolute Gasteiger partial charge is 0.383 e. The first-order valence-corrected chi connectivity index (χ1v) is 11.1. The molecule has 2 aliphatic heterocycles. The number of aliphatic hydroxyl groups excluding tert-OH is 1. The maximum absolute atomic E-state index is 12.8. The lowest BCUT2D eigenvalue weighted by atomic mass is 9.82. The van der Waals surface area contributed by atoms with Crippen molar-refractivity contribution in [2.24, 2.45) is 0 Å². The second kappa shape index (κ2) is 6.98. The topological polar surface area (TPSA) is 81.4 Å². The van der Waals surface area contributed by atoms with Gasteiger partial charge in [-0.05, 0) is 29.8 Å². The zero-order valence-corrected chi connectivity index (χ0v) is 17.8. The van der Waals surface area contributed by atoms with Gasteiger partial charge in [-0.1, -0.05) is 56.3 Å². The molecule has 1 N–H and O–H groups in total. The van der Waals surface area contributed by atoms with Crippen LogP contribution in [0.5, 0.6) is 0 Å². The smallest absolute Gasteiger partial charge is 0.206 e. The Morgan fingerprint density at radius 1 is 1.17 bits per heavy atom. The molecule has 0 radical (unpaired) electrons. The van der Waals surface area contributed by atoms with Crippen molar-refractivity contribution >= 4 is 15.5 Å². The van der Waals surface area contributed by atoms with Gasteiger partial charge in [-0.2, -0.15) is 5.26 Å². The van der Waals surface area contributed by atoms with Crippen LogP contribution in [0.4, 0.5) is 5.69 Å². The van der Waals surface area contributed by atoms with E-state index >= 15 is 0 Å². The Kier molecular flexibility index (Phi) is 4.69. The van der Waals surface area contributed by atoms with Gasteiger partial charge in [0.2, 0.25) is 9.84 Å². The number of para-hydroxylation sites is 1. The maximum Gasteiger partial charge on any atom is 0.206 e. The summed E-state index contributed by atoms with van der Waals surface area (Å²) in [7, 11) is -1.82. The maximum atomic E-state index is 12.8. The van der Waals surface area contributed by atoms with Crippen LogP contribution in [0, 0.1) is 11.3 Å². The van der Waals surface area contributed by atoms with E-state index in [-0.39, 0.29) is 15.2 Å². The van der Waals surface area contributed by atoms with E-state index in [2.05, 4.69) is 26.0 Å². The Labute approximate surface area is 176 Å². The van der Waals surface area contributed by atoms with E-state index in [9.17, 15) is 18.8 Å². The molecule has 2 aromatic rings. The number of benzene rings is 2. The molecule has 0 aliphatic carbocycles. The van der Waals surface area contributed by atoms with E-state index in [1.54, 1.807) is 24.3 Å². The van der Waals surface area contributed by atoms with Crippen molar-refractivity contribution in [3.8, 4) is 6.07 Å². The Balaban J connectivity index is 1.75. The van der Waals surface area contributed by atoms with Gasteiger partial charge in [-0.15, -0.1) is 0 Å². The van der Waals surface area contributed by atoms with Crippen LogP contribution in [0.3, 0.4) is 0 Å². The fraction of sp³-hybridized carbons (Fsp3) is 0.208. The van der Waals surface area contributed by atoms with Crippen molar-refractivity contribution in [3.63, 3.8) is 0 Å². The molecule has 30 heavy (non-hydrogen) atoms. The molecule has 152 valence electrons. The second-order valence-electron chi connectivity index (χ2n) is 7.95. The molecule has 0 aromatic heterocycles. The summed E-state index contributed by atoms with van der Waals surface area (Å²) in [6.07, 6.45) is 3.31. The van der Waals surface area contributed by atoms with Crippen molar-refractivity contribution in [2.75, 3.05) is 11.9 Å². The Bertz CT molecular complexity index is 1280. The number of nitriles is 1. The van der Waals surface area contributed by atoms with Crippen molar-refractivity contribution in [2.45, 2.75) is 30.3 Å². The van der Waals surface area contributed by atoms with Crippen LogP contribution in [0.25, 0.3) is 0 Å². The van der Waals surface area contributed by atoms with Crippen molar-refractivity contribution in [1.29, 1.82) is 5.26 Å². The molecule has 2 heterocycles. The fourth-order valence-electron chi connectivity index (χ4n) is 4.45. The van der Waals surface area contributed by atoms with Crippen molar-refractivity contribution in [3.05, 3.63) is 94.1 Å². The van der Waals surface area contributed by atoms with Crippen molar-refractivity contribution in [1.82, 2.24) is 0 Å². The van der Waals surface area contributed by atoms with Gasteiger partial charge in [0.25, 0.3) is 0 Å². The number of sulfone groups is 1. The Morgan fingerprint density at radius 3 is 2.50 bits per heavy atom. The van der Waals surface area contributed by atoms with E-state index in [1.807, 2.05) is 30.1 Å². The van der Waals surface area contributed by atoms with Crippen LogP contribution in [0.1, 0.15) is 31.1 Å². The molecular formula is C24H22N2O3S. The molecule has 5 nitrogen and oxygen atoms in total. The minimum atomic E-state index is -3.75. The number of rotatable bonds is 2. The molecule has 0 fully saturated rings. The summed E-state index contributed by atoms with van der Waals surface area (Å²) in [5.41, 5.74) is 3.47. The average Bonchev–Trinajstić information content (AvgIpc) is 3.05. The summed E-state index contributed by atoms with van der Waals surface area (Å²) in [6, 6.07) is 16.7. The highest BCUT2D eigenvalue weighted by Gasteiger charge is 2.40. The number of nitrogens with zero attached hydrogens (tertiary/aromatic N) is 2. The lowest BCUT2D eigenvalue weighted by Crippen LogP contribution is -2.24. The quantitative estimate of drug-likeness (QED) is 0.741. The number of allylic oxidation sites excluding steroid dienone is 5. The van der Waals surface area contributed by atoms with E-state index < -0.39 is 15.9 Å². The number of fused-ring (bicyclic) bond motifs is 2. The SMILES string of the molecule is CN1/C(=C(C#N)/C=C/C=C2/C(O)c3ccccc3S2(=O)=O)C(C)(C)c2ccccc21. The van der Waals surface area contributed by atoms with Crippen molar-refractivity contribution < 1.29 is 13.5 Å². The molecule has 0 spiro atoms. The van der Waals surface area contributed by atoms with E-state index in [0.717, 1.165) is 16.9 Å². The van der Waals surface area contributed by atoms with Crippen LogP contribution in [0.15, 0.2) is 87.8 Å². The fourth-order valence-corrected chi connectivity index (χ4v) is 6.13. The van der Waals surface area contributed by atoms with Gasteiger partial charge in [0.15, 0.2) is 0 Å². The molecule has 0 saturated carbocycles. The van der Waals surface area contributed by atoms with E-state index in [1.165, 1.54) is 18.2 Å². The molecular weight excluding hydrogens is 396 g/mol. The monoisotopic (exact) mass is 418 g/mol. The summed E-state index contributed by atoms with van der Waals surface area (Å²) in [5, 5.41) is 20.3. The molecule has 6 heteroatoms. The highest BCUT2D eigenvalue weighted by Crippen LogP contribution is 2.48. The number of aliphatic hydroxyl groups is 1. The minimum Gasteiger partial charge on any atom is -0.383 e. The first-order valence-electron chi connectivity index (χ1n) is 9.59.